The number of hydrogen-bond donors (Lipinski definition) is 3. The lowest BCUT2D eigenvalue weighted by Gasteiger charge is -2.60. The third-order valence-electron chi connectivity index (χ3n) is 5.82. The Labute approximate surface area is 178 Å². The summed E-state index contributed by atoms with van der Waals surface area (Å²) in [5, 5.41) is 34.1. The molecule has 1 aliphatic rings. The van der Waals surface area contributed by atoms with Crippen LogP contribution >= 0.6 is 0 Å². The summed E-state index contributed by atoms with van der Waals surface area (Å²) >= 11 is 0. The standard InChI is InChI=1S/C21H26O10/c1-11(22)18(26)15(5)30-21(14(4)25,31-17-9-7-16(29-6)8-10-17)20(28,13(3)24)19(18,27)12(2)23/h7-10,15,26-28H,1-6H3/t15-,18-,19+,20+,21-/m0/s1. The van der Waals surface area contributed by atoms with Gasteiger partial charge in [-0.15, -0.1) is 0 Å². The van der Waals surface area contributed by atoms with Gasteiger partial charge in [0.05, 0.1) is 13.2 Å². The second-order valence-corrected chi connectivity index (χ2v) is 7.57. The van der Waals surface area contributed by atoms with Crippen molar-refractivity contribution in [3.63, 3.8) is 0 Å². The summed E-state index contributed by atoms with van der Waals surface area (Å²) in [5.74, 6) is -7.61. The molecule has 31 heavy (non-hydrogen) atoms. The van der Waals surface area contributed by atoms with E-state index in [0.29, 0.717) is 5.75 Å². The number of ether oxygens (including phenoxy) is 3. The van der Waals surface area contributed by atoms with Gasteiger partial charge in [0.2, 0.25) is 17.0 Å². The summed E-state index contributed by atoms with van der Waals surface area (Å²) in [4.78, 5) is 50.6. The van der Waals surface area contributed by atoms with Crippen molar-refractivity contribution in [3.05, 3.63) is 24.3 Å². The Bertz CT molecular complexity index is 925. The average Bonchev–Trinajstić information content (AvgIpc) is 2.69. The number of rotatable bonds is 7. The molecule has 0 bridgehead atoms. The molecule has 0 unspecified atom stereocenters. The van der Waals surface area contributed by atoms with Crippen LogP contribution in [0.15, 0.2) is 24.3 Å². The van der Waals surface area contributed by atoms with Gasteiger partial charge in [-0.2, -0.15) is 0 Å². The molecule has 10 heteroatoms. The van der Waals surface area contributed by atoms with E-state index >= 15 is 0 Å². The van der Waals surface area contributed by atoms with Gasteiger partial charge < -0.3 is 29.5 Å². The quantitative estimate of drug-likeness (QED) is 0.518. The van der Waals surface area contributed by atoms with Crippen molar-refractivity contribution in [2.75, 3.05) is 7.11 Å². The molecule has 0 amide bonds. The molecule has 1 aromatic rings. The van der Waals surface area contributed by atoms with Crippen molar-refractivity contribution < 1.29 is 48.7 Å². The molecule has 1 fully saturated rings. The largest absolute Gasteiger partial charge is 0.497 e. The van der Waals surface area contributed by atoms with E-state index in [9.17, 15) is 34.5 Å². The first-order valence-corrected chi connectivity index (χ1v) is 9.39. The summed E-state index contributed by atoms with van der Waals surface area (Å²) in [6.07, 6.45) is -1.75. The molecular weight excluding hydrogens is 412 g/mol. The molecule has 1 heterocycles. The summed E-state index contributed by atoms with van der Waals surface area (Å²) in [6.45, 7) is 4.38. The van der Waals surface area contributed by atoms with E-state index in [2.05, 4.69) is 0 Å². The first-order chi connectivity index (χ1) is 14.2. The van der Waals surface area contributed by atoms with Gasteiger partial charge in [0, 0.05) is 6.92 Å². The van der Waals surface area contributed by atoms with Gasteiger partial charge in [0.1, 0.15) is 11.5 Å². The smallest absolute Gasteiger partial charge is 0.310 e. The summed E-state index contributed by atoms with van der Waals surface area (Å²) in [5.41, 5.74) is -10.0. The Balaban J connectivity index is 2.90. The van der Waals surface area contributed by atoms with Gasteiger partial charge in [-0.1, -0.05) is 0 Å². The molecule has 10 nitrogen and oxygen atoms in total. The normalized spacial score (nSPS) is 35.2. The molecule has 170 valence electrons. The Morgan fingerprint density at radius 2 is 1.26 bits per heavy atom. The topological polar surface area (TPSA) is 157 Å². The lowest BCUT2D eigenvalue weighted by Crippen LogP contribution is -2.91. The summed E-state index contributed by atoms with van der Waals surface area (Å²) in [6, 6.07) is 5.56. The fourth-order valence-corrected chi connectivity index (χ4v) is 4.10. The van der Waals surface area contributed by atoms with Crippen LogP contribution in [0.4, 0.5) is 0 Å². The molecule has 3 N–H and O–H groups in total. The van der Waals surface area contributed by atoms with Crippen LogP contribution in [0.3, 0.4) is 0 Å². The van der Waals surface area contributed by atoms with Gasteiger partial charge in [-0.05, 0) is 52.0 Å². The van der Waals surface area contributed by atoms with Crippen molar-refractivity contribution in [3.8, 4) is 11.5 Å². The fraction of sp³-hybridized carbons (Fsp3) is 0.524. The van der Waals surface area contributed by atoms with E-state index in [-0.39, 0.29) is 5.75 Å². The van der Waals surface area contributed by atoms with Gasteiger partial charge in [0.25, 0.3) is 0 Å². The van der Waals surface area contributed by atoms with E-state index in [1.165, 1.54) is 31.4 Å². The molecule has 0 spiro atoms. The van der Waals surface area contributed by atoms with Crippen LogP contribution in [0, 0.1) is 0 Å². The van der Waals surface area contributed by atoms with Crippen molar-refractivity contribution in [2.45, 2.75) is 63.3 Å². The Kier molecular flexibility index (Phi) is 6.19. The number of Topliss-reactive ketones (excluding diaryl/α,β-unsaturated/α-hetero) is 4. The predicted molar refractivity (Wildman–Crippen MR) is 104 cm³/mol. The molecule has 2 rings (SSSR count). The molecule has 0 saturated carbocycles. The zero-order valence-corrected chi connectivity index (χ0v) is 18.1. The second kappa shape index (κ2) is 7.79. The molecule has 5 atom stereocenters. The number of benzene rings is 1. The molecule has 0 aromatic heterocycles. The molecule has 1 aromatic carbocycles. The third kappa shape index (κ3) is 3.01. The third-order valence-corrected chi connectivity index (χ3v) is 5.82. The maximum atomic E-state index is 12.8. The van der Waals surface area contributed by atoms with Gasteiger partial charge in [-0.3, -0.25) is 19.2 Å². The number of methoxy groups -OCH3 is 1. The maximum Gasteiger partial charge on any atom is 0.310 e. The molecule has 1 saturated heterocycles. The van der Waals surface area contributed by atoms with E-state index in [1.807, 2.05) is 0 Å². The minimum Gasteiger partial charge on any atom is -0.497 e. The fourth-order valence-electron chi connectivity index (χ4n) is 4.10. The van der Waals surface area contributed by atoms with Crippen molar-refractivity contribution in [2.24, 2.45) is 0 Å². The Morgan fingerprint density at radius 1 is 0.806 bits per heavy atom. The van der Waals surface area contributed by atoms with Crippen molar-refractivity contribution >= 4 is 23.1 Å². The summed E-state index contributed by atoms with van der Waals surface area (Å²) in [7, 11) is 1.42. The highest BCUT2D eigenvalue weighted by molar-refractivity contribution is 6.09. The second-order valence-electron chi connectivity index (χ2n) is 7.57. The number of ketones is 4. The average molecular weight is 438 g/mol. The zero-order chi connectivity index (χ0) is 24.0. The molecule has 1 aliphatic heterocycles. The molecule has 0 radical (unpaired) electrons. The lowest BCUT2D eigenvalue weighted by atomic mass is 9.57. The monoisotopic (exact) mass is 438 g/mol. The maximum absolute atomic E-state index is 12.8. The van der Waals surface area contributed by atoms with Crippen LogP contribution in [0.5, 0.6) is 11.5 Å². The minimum absolute atomic E-state index is 0.0953. The first kappa shape index (κ1) is 24.6. The van der Waals surface area contributed by atoms with E-state index < -0.39 is 51.8 Å². The lowest BCUT2D eigenvalue weighted by molar-refractivity contribution is -0.377. The van der Waals surface area contributed by atoms with Crippen molar-refractivity contribution in [1.82, 2.24) is 0 Å². The first-order valence-electron chi connectivity index (χ1n) is 9.39. The highest BCUT2D eigenvalue weighted by Gasteiger charge is 2.84. The number of aliphatic hydroxyl groups is 3. The van der Waals surface area contributed by atoms with Crippen LogP contribution in [0.2, 0.25) is 0 Å². The van der Waals surface area contributed by atoms with Crippen LogP contribution in [-0.4, -0.2) is 74.3 Å². The van der Waals surface area contributed by atoms with Gasteiger partial charge in [-0.25, -0.2) is 0 Å². The van der Waals surface area contributed by atoms with Crippen LogP contribution in [0.1, 0.15) is 34.6 Å². The van der Waals surface area contributed by atoms with Gasteiger partial charge in [0.15, 0.2) is 23.0 Å². The van der Waals surface area contributed by atoms with E-state index in [4.69, 9.17) is 14.2 Å². The Hall–Kier alpha value is -2.66. The number of hydrogen-bond acceptors (Lipinski definition) is 10. The Morgan fingerprint density at radius 3 is 1.61 bits per heavy atom. The van der Waals surface area contributed by atoms with Crippen LogP contribution in [-0.2, 0) is 23.9 Å². The molecular formula is C21H26O10. The predicted octanol–water partition coefficient (Wildman–Crippen LogP) is -0.262. The van der Waals surface area contributed by atoms with Gasteiger partial charge >= 0.3 is 5.79 Å². The SMILES string of the molecule is COc1ccc(O[C@]2(C(C)=O)O[C@@H](C)[C@@](O)(C(C)=O)[C@](O)(C(C)=O)[C@]2(O)C(C)=O)cc1. The highest BCUT2D eigenvalue weighted by Crippen LogP contribution is 2.52. The van der Waals surface area contributed by atoms with Crippen LogP contribution in [0.25, 0.3) is 0 Å². The summed E-state index contributed by atoms with van der Waals surface area (Å²) < 4.78 is 16.2. The molecule has 0 aliphatic carbocycles. The zero-order valence-electron chi connectivity index (χ0n) is 18.1. The minimum atomic E-state index is -3.50. The van der Waals surface area contributed by atoms with Crippen molar-refractivity contribution in [1.29, 1.82) is 0 Å². The van der Waals surface area contributed by atoms with Crippen LogP contribution < -0.4 is 9.47 Å². The van der Waals surface area contributed by atoms with E-state index in [0.717, 1.165) is 34.6 Å². The highest BCUT2D eigenvalue weighted by atomic mass is 16.7. The number of carbonyl (C=O) groups excluding carboxylic acids is 4. The van der Waals surface area contributed by atoms with E-state index in [1.54, 1.807) is 0 Å². The number of carbonyl (C=O) groups is 4.